The number of hydrogen-bond donors (Lipinski definition) is 5. The zero-order valence-electron chi connectivity index (χ0n) is 12.5. The third kappa shape index (κ3) is 5.38. The number of nitrogen functional groups attached to an aromatic ring is 3. The van der Waals surface area contributed by atoms with Crippen LogP contribution in [0.25, 0.3) is 0 Å². The normalized spacial score (nSPS) is 11.5. The molecule has 2 rings (SSSR count). The van der Waals surface area contributed by atoms with Crippen LogP contribution in [0, 0.1) is 6.92 Å². The van der Waals surface area contributed by atoms with E-state index in [9.17, 15) is 16.8 Å². The first kappa shape index (κ1) is 19.7. The highest BCUT2D eigenvalue weighted by molar-refractivity contribution is 7.86. The first-order valence-corrected chi connectivity index (χ1v) is 9.16. The predicted molar refractivity (Wildman–Crippen MR) is 90.5 cm³/mol. The molecule has 0 radical (unpaired) electrons. The van der Waals surface area contributed by atoms with E-state index in [1.807, 2.05) is 0 Å². The average Bonchev–Trinajstić information content (AvgIpc) is 2.39. The Balaban J connectivity index is 0.000000240. The Kier molecular flexibility index (Phi) is 5.79. The summed E-state index contributed by atoms with van der Waals surface area (Å²) in [4.78, 5) is -0.453. The summed E-state index contributed by atoms with van der Waals surface area (Å²) in [6.07, 6.45) is 0. The summed E-state index contributed by atoms with van der Waals surface area (Å²) in [5, 5.41) is 0. The Morgan fingerprint density at radius 3 is 1.79 bits per heavy atom. The molecule has 0 bridgehead atoms. The smallest absolute Gasteiger partial charge is 0.296 e. The van der Waals surface area contributed by atoms with E-state index in [0.717, 1.165) is 6.07 Å². The van der Waals surface area contributed by atoms with Crippen molar-refractivity contribution in [1.29, 1.82) is 0 Å². The molecule has 0 saturated heterocycles. The molecule has 0 heterocycles. The van der Waals surface area contributed by atoms with E-state index in [1.54, 1.807) is 6.92 Å². The average molecular weight is 375 g/mol. The minimum absolute atomic E-state index is 0.0579. The molecule has 0 aliphatic carbocycles. The fourth-order valence-corrected chi connectivity index (χ4v) is 2.77. The van der Waals surface area contributed by atoms with E-state index in [-0.39, 0.29) is 15.5 Å². The first-order valence-electron chi connectivity index (χ1n) is 6.28. The van der Waals surface area contributed by atoms with Gasteiger partial charge in [0, 0.05) is 11.4 Å². The summed E-state index contributed by atoms with van der Waals surface area (Å²) >= 11 is 0. The number of nitrogens with two attached hydrogens (primary N) is 3. The number of benzene rings is 2. The van der Waals surface area contributed by atoms with Crippen LogP contribution in [0.1, 0.15) is 5.56 Å². The van der Waals surface area contributed by atoms with Gasteiger partial charge >= 0.3 is 0 Å². The minimum atomic E-state index is -4.23. The molecule has 0 unspecified atom stereocenters. The molecule has 0 aliphatic heterocycles. The summed E-state index contributed by atoms with van der Waals surface area (Å²) < 4.78 is 59.7. The van der Waals surface area contributed by atoms with Gasteiger partial charge in [-0.25, -0.2) is 0 Å². The number of aryl methyl sites for hydroxylation is 1. The van der Waals surface area contributed by atoms with E-state index in [1.165, 1.54) is 30.3 Å². The summed E-state index contributed by atoms with van der Waals surface area (Å²) in [5.41, 5.74) is 17.5. The van der Waals surface area contributed by atoms with Gasteiger partial charge in [0.25, 0.3) is 20.2 Å². The molecule has 0 aliphatic rings. The van der Waals surface area contributed by atoms with Gasteiger partial charge in [-0.05, 0) is 48.9 Å². The summed E-state index contributed by atoms with van der Waals surface area (Å²) in [7, 11) is -8.33. The lowest BCUT2D eigenvalue weighted by molar-refractivity contribution is 0.481. The van der Waals surface area contributed by atoms with Gasteiger partial charge in [-0.15, -0.1) is 0 Å². The quantitative estimate of drug-likeness (QED) is 0.375. The molecule has 0 atom stereocenters. The SMILES string of the molecule is Cc1cc(S(=O)(=O)O)ccc1N.Nc1ccc(S(=O)(=O)O)c(N)c1. The number of hydrogen-bond acceptors (Lipinski definition) is 7. The van der Waals surface area contributed by atoms with Crippen molar-refractivity contribution in [3.63, 3.8) is 0 Å². The zero-order chi connectivity index (χ0) is 18.7. The van der Waals surface area contributed by atoms with Crippen molar-refractivity contribution in [3.05, 3.63) is 42.0 Å². The zero-order valence-corrected chi connectivity index (χ0v) is 14.2. The summed E-state index contributed by atoms with van der Waals surface area (Å²) in [6.45, 7) is 1.67. The molecular formula is C13H17N3O6S2. The Bertz CT molecular complexity index is 956. The highest BCUT2D eigenvalue weighted by atomic mass is 32.2. The highest BCUT2D eigenvalue weighted by Crippen LogP contribution is 2.20. The van der Waals surface area contributed by atoms with Crippen LogP contribution in [0.4, 0.5) is 17.1 Å². The molecule has 2 aromatic rings. The molecule has 0 saturated carbocycles. The van der Waals surface area contributed by atoms with E-state index >= 15 is 0 Å². The lowest BCUT2D eigenvalue weighted by Gasteiger charge is -2.01. The maximum absolute atomic E-state index is 10.6. The largest absolute Gasteiger partial charge is 0.399 e. The molecule has 24 heavy (non-hydrogen) atoms. The van der Waals surface area contributed by atoms with E-state index in [4.69, 9.17) is 26.3 Å². The van der Waals surface area contributed by atoms with Crippen molar-refractivity contribution in [2.75, 3.05) is 17.2 Å². The Morgan fingerprint density at radius 1 is 0.792 bits per heavy atom. The third-order valence-corrected chi connectivity index (χ3v) is 4.63. The predicted octanol–water partition coefficient (Wildman–Crippen LogP) is 0.922. The van der Waals surface area contributed by atoms with Crippen molar-refractivity contribution in [2.24, 2.45) is 0 Å². The van der Waals surface area contributed by atoms with Crippen molar-refractivity contribution in [1.82, 2.24) is 0 Å². The van der Waals surface area contributed by atoms with Crippen LogP contribution in [-0.4, -0.2) is 25.9 Å². The maximum Gasteiger partial charge on any atom is 0.296 e. The van der Waals surface area contributed by atoms with Crippen LogP contribution < -0.4 is 17.2 Å². The highest BCUT2D eigenvalue weighted by Gasteiger charge is 2.12. The van der Waals surface area contributed by atoms with Crippen LogP contribution >= 0.6 is 0 Å². The second-order valence-electron chi connectivity index (χ2n) is 4.77. The van der Waals surface area contributed by atoms with E-state index in [0.29, 0.717) is 16.9 Å². The van der Waals surface area contributed by atoms with Gasteiger partial charge < -0.3 is 17.2 Å². The maximum atomic E-state index is 10.6. The van der Waals surface area contributed by atoms with Crippen LogP contribution in [-0.2, 0) is 20.2 Å². The molecule has 0 fully saturated rings. The fourth-order valence-electron chi connectivity index (χ4n) is 1.61. The van der Waals surface area contributed by atoms with Crippen LogP contribution in [0.15, 0.2) is 46.2 Å². The second kappa shape index (κ2) is 7.05. The lowest BCUT2D eigenvalue weighted by atomic mass is 10.2. The Hall–Kier alpha value is -2.34. The molecule has 11 heteroatoms. The molecule has 8 N–H and O–H groups in total. The van der Waals surface area contributed by atoms with E-state index < -0.39 is 20.2 Å². The van der Waals surface area contributed by atoms with Gasteiger partial charge in [0.2, 0.25) is 0 Å². The van der Waals surface area contributed by atoms with Crippen molar-refractivity contribution >= 4 is 37.3 Å². The summed E-state index contributed by atoms with van der Waals surface area (Å²) in [6, 6.07) is 7.79. The third-order valence-electron chi connectivity index (χ3n) is 2.85. The first-order chi connectivity index (χ1) is 10.8. The Labute approximate surface area is 139 Å². The standard InChI is InChI=1S/C7H9NO3S.C6H8N2O3S/c1-5-4-6(12(9,10)11)2-3-7(5)8;7-4-1-2-6(5(8)3-4)12(9,10)11/h2-4H,8H2,1H3,(H,9,10,11);1-3H,7-8H2,(H,9,10,11). The molecule has 2 aromatic carbocycles. The number of rotatable bonds is 2. The van der Waals surface area contributed by atoms with Crippen molar-refractivity contribution in [3.8, 4) is 0 Å². The van der Waals surface area contributed by atoms with Crippen LogP contribution in [0.3, 0.4) is 0 Å². The van der Waals surface area contributed by atoms with Crippen LogP contribution in [0.2, 0.25) is 0 Å². The van der Waals surface area contributed by atoms with Gasteiger partial charge in [-0.3, -0.25) is 9.11 Å². The second-order valence-corrected chi connectivity index (χ2v) is 7.58. The van der Waals surface area contributed by atoms with Gasteiger partial charge in [0.05, 0.1) is 10.6 Å². The molecule has 0 amide bonds. The number of anilines is 3. The summed E-state index contributed by atoms with van der Waals surface area (Å²) in [5.74, 6) is 0. The van der Waals surface area contributed by atoms with E-state index in [2.05, 4.69) is 0 Å². The van der Waals surface area contributed by atoms with Gasteiger partial charge in [-0.2, -0.15) is 16.8 Å². The molecule has 0 aromatic heterocycles. The van der Waals surface area contributed by atoms with Crippen molar-refractivity contribution < 1.29 is 25.9 Å². The molecular weight excluding hydrogens is 358 g/mol. The lowest BCUT2D eigenvalue weighted by Crippen LogP contribution is -2.03. The van der Waals surface area contributed by atoms with Gasteiger partial charge in [-0.1, -0.05) is 0 Å². The molecule has 9 nitrogen and oxygen atoms in total. The molecule has 132 valence electrons. The van der Waals surface area contributed by atoms with Crippen LogP contribution in [0.5, 0.6) is 0 Å². The Morgan fingerprint density at radius 2 is 1.38 bits per heavy atom. The fraction of sp³-hybridized carbons (Fsp3) is 0.0769. The molecule has 0 spiro atoms. The van der Waals surface area contributed by atoms with Gasteiger partial charge in [0.1, 0.15) is 4.90 Å². The minimum Gasteiger partial charge on any atom is -0.399 e. The van der Waals surface area contributed by atoms with Gasteiger partial charge in [0.15, 0.2) is 0 Å². The van der Waals surface area contributed by atoms with Crippen molar-refractivity contribution in [2.45, 2.75) is 16.7 Å². The topological polar surface area (TPSA) is 187 Å². The monoisotopic (exact) mass is 375 g/mol.